The van der Waals surface area contributed by atoms with Crippen molar-refractivity contribution in [2.45, 2.75) is 38.2 Å². The number of thioether (sulfide) groups is 1. The molecule has 0 bridgehead atoms. The third-order valence-electron chi connectivity index (χ3n) is 3.91. The van der Waals surface area contributed by atoms with Gasteiger partial charge >= 0.3 is 0 Å². The van der Waals surface area contributed by atoms with E-state index in [9.17, 15) is 4.79 Å². The molecule has 28 heavy (non-hydrogen) atoms. The molecule has 148 valence electrons. The van der Waals surface area contributed by atoms with Crippen molar-refractivity contribution < 1.29 is 13.9 Å². The monoisotopic (exact) mass is 420 g/mol. The van der Waals surface area contributed by atoms with Crippen LogP contribution in [0.1, 0.15) is 31.5 Å². The second-order valence-electron chi connectivity index (χ2n) is 5.95. The van der Waals surface area contributed by atoms with Crippen LogP contribution in [0.4, 0.5) is 0 Å². The van der Waals surface area contributed by atoms with Crippen LogP contribution in [0.15, 0.2) is 52.2 Å². The van der Waals surface area contributed by atoms with Crippen LogP contribution >= 0.6 is 23.4 Å². The van der Waals surface area contributed by atoms with Crippen LogP contribution < -0.4 is 10.1 Å². The Bertz CT molecular complexity index is 914. The third-order valence-corrected chi connectivity index (χ3v) is 5.11. The van der Waals surface area contributed by atoms with Crippen LogP contribution in [0.3, 0.4) is 0 Å². The molecule has 0 fully saturated rings. The van der Waals surface area contributed by atoms with Crippen molar-refractivity contribution in [3.05, 3.63) is 59.3 Å². The Labute approximate surface area is 172 Å². The quantitative estimate of drug-likeness (QED) is 0.525. The van der Waals surface area contributed by atoms with Crippen molar-refractivity contribution in [1.29, 1.82) is 0 Å². The minimum Gasteiger partial charge on any atom is -0.483 e. The number of rotatable bonds is 9. The average Bonchev–Trinajstić information content (AvgIpc) is 3.34. The van der Waals surface area contributed by atoms with E-state index in [0.717, 1.165) is 0 Å². The van der Waals surface area contributed by atoms with Gasteiger partial charge in [0.15, 0.2) is 17.1 Å². The van der Waals surface area contributed by atoms with Gasteiger partial charge in [0, 0.05) is 11.6 Å². The summed E-state index contributed by atoms with van der Waals surface area (Å²) in [5.41, 5.74) is 0. The van der Waals surface area contributed by atoms with Gasteiger partial charge in [0.05, 0.1) is 18.6 Å². The molecule has 0 aliphatic rings. The molecule has 0 saturated heterocycles. The fourth-order valence-corrected chi connectivity index (χ4v) is 3.60. The lowest BCUT2D eigenvalue weighted by atomic mass is 10.3. The molecule has 0 saturated carbocycles. The van der Waals surface area contributed by atoms with E-state index in [0.29, 0.717) is 40.6 Å². The summed E-state index contributed by atoms with van der Waals surface area (Å²) in [7, 11) is 0. The molecule has 0 spiro atoms. The first-order chi connectivity index (χ1) is 13.6. The zero-order chi connectivity index (χ0) is 19.9. The first kappa shape index (κ1) is 20.3. The van der Waals surface area contributed by atoms with E-state index in [1.54, 1.807) is 24.5 Å². The lowest BCUT2D eigenvalue weighted by molar-refractivity contribution is -0.118. The van der Waals surface area contributed by atoms with E-state index in [-0.39, 0.29) is 17.8 Å². The van der Waals surface area contributed by atoms with Gasteiger partial charge in [-0.05, 0) is 44.2 Å². The molecule has 3 rings (SSSR count). The fourth-order valence-electron chi connectivity index (χ4n) is 2.58. The minimum atomic E-state index is -0.312. The molecule has 3 aromatic rings. The van der Waals surface area contributed by atoms with Crippen LogP contribution in [0, 0.1) is 0 Å². The molecule has 1 N–H and O–H groups in total. The standard InChI is InChI=1S/C19H21ClN4O3S/c1-3-24-18(13(2)27-15-7-4-6-14(20)10-15)22-23-19(24)28-12-17(25)21-11-16-8-5-9-26-16/h4-10,13H,3,11-12H2,1-2H3,(H,21,25). The molecule has 2 heterocycles. The van der Waals surface area contributed by atoms with E-state index in [1.165, 1.54) is 11.8 Å². The van der Waals surface area contributed by atoms with Crippen molar-refractivity contribution in [1.82, 2.24) is 20.1 Å². The Kier molecular flexibility index (Phi) is 7.00. The number of aromatic nitrogens is 3. The predicted octanol–water partition coefficient (Wildman–Crippen LogP) is 4.09. The van der Waals surface area contributed by atoms with Gasteiger partial charge in [-0.3, -0.25) is 4.79 Å². The molecule has 0 radical (unpaired) electrons. The number of ether oxygens (including phenoxy) is 1. The number of carbonyl (C=O) groups excluding carboxylic acids is 1. The highest BCUT2D eigenvalue weighted by molar-refractivity contribution is 7.99. The van der Waals surface area contributed by atoms with Gasteiger partial charge in [0.2, 0.25) is 5.91 Å². The summed E-state index contributed by atoms with van der Waals surface area (Å²) >= 11 is 7.34. The molecule has 1 atom stereocenters. The van der Waals surface area contributed by atoms with Gasteiger partial charge in [0.25, 0.3) is 0 Å². The van der Waals surface area contributed by atoms with Crippen molar-refractivity contribution in [3.8, 4) is 5.75 Å². The maximum Gasteiger partial charge on any atom is 0.230 e. The van der Waals surface area contributed by atoms with Gasteiger partial charge < -0.3 is 19.0 Å². The van der Waals surface area contributed by atoms with Crippen molar-refractivity contribution in [3.63, 3.8) is 0 Å². The number of carbonyl (C=O) groups is 1. The Morgan fingerprint density at radius 1 is 1.36 bits per heavy atom. The maximum atomic E-state index is 12.1. The summed E-state index contributed by atoms with van der Waals surface area (Å²) in [6.45, 7) is 4.94. The first-order valence-electron chi connectivity index (χ1n) is 8.84. The lowest BCUT2D eigenvalue weighted by Crippen LogP contribution is -2.24. The zero-order valence-electron chi connectivity index (χ0n) is 15.6. The molecule has 0 aliphatic heterocycles. The Morgan fingerprint density at radius 2 is 2.21 bits per heavy atom. The predicted molar refractivity (Wildman–Crippen MR) is 107 cm³/mol. The van der Waals surface area contributed by atoms with Crippen LogP contribution in [-0.2, 0) is 17.9 Å². The number of furan rings is 1. The lowest BCUT2D eigenvalue weighted by Gasteiger charge is -2.15. The Balaban J connectivity index is 1.58. The largest absolute Gasteiger partial charge is 0.483 e. The molecule has 1 aromatic carbocycles. The second kappa shape index (κ2) is 9.66. The molecular weight excluding hydrogens is 400 g/mol. The molecule has 2 aromatic heterocycles. The van der Waals surface area contributed by atoms with E-state index < -0.39 is 0 Å². The number of nitrogens with one attached hydrogen (secondary N) is 1. The Morgan fingerprint density at radius 3 is 2.93 bits per heavy atom. The summed E-state index contributed by atoms with van der Waals surface area (Å²) in [6.07, 6.45) is 1.27. The minimum absolute atomic E-state index is 0.100. The number of hydrogen-bond donors (Lipinski definition) is 1. The first-order valence-corrected chi connectivity index (χ1v) is 10.2. The van der Waals surface area contributed by atoms with Crippen LogP contribution in [0.5, 0.6) is 5.75 Å². The smallest absolute Gasteiger partial charge is 0.230 e. The Hall–Kier alpha value is -2.45. The highest BCUT2D eigenvalue weighted by atomic mass is 35.5. The summed E-state index contributed by atoms with van der Waals surface area (Å²) in [6, 6.07) is 10.8. The third kappa shape index (κ3) is 5.30. The topological polar surface area (TPSA) is 82.2 Å². The summed E-state index contributed by atoms with van der Waals surface area (Å²) in [5.74, 6) is 2.21. The molecule has 9 heteroatoms. The molecule has 0 aliphatic carbocycles. The van der Waals surface area contributed by atoms with E-state index >= 15 is 0 Å². The van der Waals surface area contributed by atoms with E-state index in [1.807, 2.05) is 36.6 Å². The number of hydrogen-bond acceptors (Lipinski definition) is 6. The number of amides is 1. The zero-order valence-corrected chi connectivity index (χ0v) is 17.2. The highest BCUT2D eigenvalue weighted by Crippen LogP contribution is 2.26. The molecule has 7 nitrogen and oxygen atoms in total. The number of halogens is 1. The van der Waals surface area contributed by atoms with E-state index in [4.69, 9.17) is 20.8 Å². The van der Waals surface area contributed by atoms with Gasteiger partial charge in [-0.2, -0.15) is 0 Å². The van der Waals surface area contributed by atoms with Crippen molar-refractivity contribution in [2.24, 2.45) is 0 Å². The van der Waals surface area contributed by atoms with Gasteiger partial charge in [0.1, 0.15) is 11.5 Å². The van der Waals surface area contributed by atoms with Gasteiger partial charge in [-0.1, -0.05) is 29.4 Å². The van der Waals surface area contributed by atoms with E-state index in [2.05, 4.69) is 15.5 Å². The van der Waals surface area contributed by atoms with Crippen molar-refractivity contribution in [2.75, 3.05) is 5.75 Å². The van der Waals surface area contributed by atoms with Crippen LogP contribution in [-0.4, -0.2) is 26.4 Å². The van der Waals surface area contributed by atoms with Crippen LogP contribution in [0.25, 0.3) is 0 Å². The number of benzene rings is 1. The van der Waals surface area contributed by atoms with Gasteiger partial charge in [-0.25, -0.2) is 0 Å². The van der Waals surface area contributed by atoms with Gasteiger partial charge in [-0.15, -0.1) is 10.2 Å². The average molecular weight is 421 g/mol. The highest BCUT2D eigenvalue weighted by Gasteiger charge is 2.19. The molecular formula is C19H21ClN4O3S. The maximum absolute atomic E-state index is 12.1. The number of nitrogens with zero attached hydrogens (tertiary/aromatic N) is 3. The molecule has 1 unspecified atom stereocenters. The normalized spacial score (nSPS) is 12.0. The van der Waals surface area contributed by atoms with Crippen LogP contribution in [0.2, 0.25) is 5.02 Å². The summed E-state index contributed by atoms with van der Waals surface area (Å²) in [5, 5.41) is 12.6. The SMILES string of the molecule is CCn1c(SCC(=O)NCc2ccco2)nnc1C(C)Oc1cccc(Cl)c1. The molecule has 1 amide bonds. The fraction of sp³-hybridized carbons (Fsp3) is 0.316. The second-order valence-corrected chi connectivity index (χ2v) is 7.33. The van der Waals surface area contributed by atoms with Crippen molar-refractivity contribution >= 4 is 29.3 Å². The summed E-state index contributed by atoms with van der Waals surface area (Å²) < 4.78 is 13.1. The summed E-state index contributed by atoms with van der Waals surface area (Å²) in [4.78, 5) is 12.1.